The number of benzene rings is 2. The zero-order valence-electron chi connectivity index (χ0n) is 13.3. The first-order valence-corrected chi connectivity index (χ1v) is 8.19. The van der Waals surface area contributed by atoms with Crippen LogP contribution in [0.3, 0.4) is 0 Å². The van der Waals surface area contributed by atoms with E-state index in [0.717, 1.165) is 24.0 Å². The molecule has 0 fully saturated rings. The van der Waals surface area contributed by atoms with Gasteiger partial charge in [0.2, 0.25) is 5.95 Å². The van der Waals surface area contributed by atoms with Crippen LogP contribution in [0.1, 0.15) is 13.3 Å². The molecule has 1 amide bonds. The quantitative estimate of drug-likeness (QED) is 0.732. The van der Waals surface area contributed by atoms with E-state index in [1.165, 1.54) is 0 Å². The monoisotopic (exact) mass is 343 g/mol. The van der Waals surface area contributed by atoms with Crippen LogP contribution >= 0.6 is 11.6 Å². The summed E-state index contributed by atoms with van der Waals surface area (Å²) in [5, 5.41) is 3.29. The number of anilines is 1. The maximum absolute atomic E-state index is 12.2. The summed E-state index contributed by atoms with van der Waals surface area (Å²) < 4.78 is 7.47. The van der Waals surface area contributed by atoms with Crippen LogP contribution < -0.4 is 10.1 Å². The molecule has 3 rings (SSSR count). The number of amides is 1. The molecule has 6 heteroatoms. The lowest BCUT2D eigenvalue weighted by Gasteiger charge is -2.10. The predicted molar refractivity (Wildman–Crippen MR) is 95.6 cm³/mol. The Morgan fingerprint density at radius 1 is 1.21 bits per heavy atom. The summed E-state index contributed by atoms with van der Waals surface area (Å²) in [4.78, 5) is 16.7. The zero-order chi connectivity index (χ0) is 16.9. The van der Waals surface area contributed by atoms with Gasteiger partial charge >= 0.3 is 0 Å². The number of hydrogen-bond donors (Lipinski definition) is 1. The lowest BCUT2D eigenvalue weighted by Crippen LogP contribution is -2.22. The first kappa shape index (κ1) is 16.3. The number of carbonyl (C=O) groups excluding carboxylic acids is 1. The second kappa shape index (κ2) is 7.36. The van der Waals surface area contributed by atoms with Gasteiger partial charge in [-0.2, -0.15) is 0 Å². The van der Waals surface area contributed by atoms with Gasteiger partial charge in [-0.15, -0.1) is 0 Å². The van der Waals surface area contributed by atoms with Gasteiger partial charge in [-0.1, -0.05) is 42.8 Å². The van der Waals surface area contributed by atoms with E-state index in [4.69, 9.17) is 16.3 Å². The molecule has 1 N–H and O–H groups in total. The number of para-hydroxylation sites is 3. The highest BCUT2D eigenvalue weighted by molar-refractivity contribution is 6.32. The first-order valence-electron chi connectivity index (χ1n) is 7.81. The van der Waals surface area contributed by atoms with Crippen LogP contribution in [0, 0.1) is 0 Å². The maximum Gasteiger partial charge on any atom is 0.264 e. The second-order valence-electron chi connectivity index (χ2n) is 5.34. The number of aromatic nitrogens is 2. The van der Waals surface area contributed by atoms with E-state index in [1.54, 1.807) is 18.2 Å². The fourth-order valence-corrected chi connectivity index (χ4v) is 2.68. The number of ether oxygens (including phenoxy) is 1. The largest absolute Gasteiger partial charge is 0.482 e. The highest BCUT2D eigenvalue weighted by atomic mass is 35.5. The summed E-state index contributed by atoms with van der Waals surface area (Å²) in [6, 6.07) is 14.9. The van der Waals surface area contributed by atoms with Crippen LogP contribution in [0.2, 0.25) is 5.02 Å². The molecule has 124 valence electrons. The third kappa shape index (κ3) is 3.51. The van der Waals surface area contributed by atoms with Crippen molar-refractivity contribution in [3.05, 3.63) is 53.6 Å². The molecule has 0 aliphatic carbocycles. The van der Waals surface area contributed by atoms with Crippen molar-refractivity contribution in [1.82, 2.24) is 9.55 Å². The molecule has 0 aliphatic rings. The number of fused-ring (bicyclic) bond motifs is 1. The van der Waals surface area contributed by atoms with Crippen LogP contribution in [0.4, 0.5) is 5.95 Å². The van der Waals surface area contributed by atoms with Crippen LogP contribution in [0.15, 0.2) is 48.5 Å². The van der Waals surface area contributed by atoms with Crippen molar-refractivity contribution in [1.29, 1.82) is 0 Å². The Kier molecular flexibility index (Phi) is 5.01. The number of halogens is 1. The van der Waals surface area contributed by atoms with Crippen LogP contribution in [-0.4, -0.2) is 22.1 Å². The summed E-state index contributed by atoms with van der Waals surface area (Å²) >= 11 is 6.01. The number of hydrogen-bond acceptors (Lipinski definition) is 3. The fourth-order valence-electron chi connectivity index (χ4n) is 2.49. The van der Waals surface area contributed by atoms with Gasteiger partial charge in [-0.05, 0) is 30.7 Å². The first-order chi connectivity index (χ1) is 11.7. The van der Waals surface area contributed by atoms with E-state index >= 15 is 0 Å². The molecule has 24 heavy (non-hydrogen) atoms. The summed E-state index contributed by atoms with van der Waals surface area (Å²) in [5.74, 6) is 0.741. The Hall–Kier alpha value is -2.53. The Balaban J connectivity index is 1.73. The Morgan fingerprint density at radius 2 is 1.96 bits per heavy atom. The van der Waals surface area contributed by atoms with Gasteiger partial charge in [-0.3, -0.25) is 10.1 Å². The second-order valence-corrected chi connectivity index (χ2v) is 5.75. The molecule has 0 unspecified atom stereocenters. The number of rotatable bonds is 6. The lowest BCUT2D eigenvalue weighted by molar-refractivity contribution is -0.118. The predicted octanol–water partition coefficient (Wildman–Crippen LogP) is 4.12. The number of nitrogens with zero attached hydrogens (tertiary/aromatic N) is 2. The van der Waals surface area contributed by atoms with Gasteiger partial charge in [0.25, 0.3) is 5.91 Å². The molecule has 1 aromatic heterocycles. The highest BCUT2D eigenvalue weighted by Crippen LogP contribution is 2.23. The van der Waals surface area contributed by atoms with Crippen molar-refractivity contribution in [2.24, 2.45) is 0 Å². The molecular weight excluding hydrogens is 326 g/mol. The molecule has 0 aliphatic heterocycles. The molecule has 0 saturated heterocycles. The minimum absolute atomic E-state index is 0.126. The minimum atomic E-state index is -0.275. The van der Waals surface area contributed by atoms with Crippen molar-refractivity contribution in [3.8, 4) is 5.75 Å². The maximum atomic E-state index is 12.2. The van der Waals surface area contributed by atoms with E-state index < -0.39 is 0 Å². The molecule has 5 nitrogen and oxygen atoms in total. The molecular formula is C18H18ClN3O2. The van der Waals surface area contributed by atoms with Crippen molar-refractivity contribution >= 4 is 34.5 Å². The fraction of sp³-hybridized carbons (Fsp3) is 0.222. The Bertz CT molecular complexity index is 860. The smallest absolute Gasteiger partial charge is 0.264 e. The molecule has 3 aromatic rings. The molecule has 0 spiro atoms. The van der Waals surface area contributed by atoms with Crippen LogP contribution in [0.5, 0.6) is 5.75 Å². The standard InChI is InChI=1S/C18H18ClN3O2/c1-2-11-22-15-9-5-4-8-14(15)20-18(22)21-17(23)12-24-16-10-6-3-7-13(16)19/h3-10H,2,11-12H2,1H3,(H,20,21,23). The number of aryl methyl sites for hydroxylation is 1. The average molecular weight is 344 g/mol. The van der Waals surface area contributed by atoms with Crippen molar-refractivity contribution in [2.75, 3.05) is 11.9 Å². The van der Waals surface area contributed by atoms with E-state index in [-0.39, 0.29) is 12.5 Å². The summed E-state index contributed by atoms with van der Waals surface area (Å²) in [6.45, 7) is 2.74. The topological polar surface area (TPSA) is 56.2 Å². The third-order valence-electron chi connectivity index (χ3n) is 3.55. The third-order valence-corrected chi connectivity index (χ3v) is 3.86. The van der Waals surface area contributed by atoms with Gasteiger partial charge in [0, 0.05) is 6.54 Å². The molecule has 0 atom stereocenters. The van der Waals surface area contributed by atoms with E-state index in [2.05, 4.69) is 17.2 Å². The van der Waals surface area contributed by atoms with Crippen molar-refractivity contribution in [2.45, 2.75) is 19.9 Å². The molecule has 1 heterocycles. The van der Waals surface area contributed by atoms with Gasteiger partial charge in [0.1, 0.15) is 5.75 Å². The SMILES string of the molecule is CCCn1c(NC(=O)COc2ccccc2Cl)nc2ccccc21. The Morgan fingerprint density at radius 3 is 2.75 bits per heavy atom. The van der Waals surface area contributed by atoms with E-state index in [0.29, 0.717) is 16.7 Å². The van der Waals surface area contributed by atoms with E-state index in [1.807, 2.05) is 34.9 Å². The molecule has 0 bridgehead atoms. The molecule has 0 radical (unpaired) electrons. The molecule has 2 aromatic carbocycles. The van der Waals surface area contributed by atoms with Gasteiger partial charge < -0.3 is 9.30 Å². The number of nitrogens with one attached hydrogen (secondary N) is 1. The van der Waals surface area contributed by atoms with E-state index in [9.17, 15) is 4.79 Å². The van der Waals surface area contributed by atoms with Crippen LogP contribution in [0.25, 0.3) is 11.0 Å². The van der Waals surface area contributed by atoms with Crippen LogP contribution in [-0.2, 0) is 11.3 Å². The zero-order valence-corrected chi connectivity index (χ0v) is 14.1. The van der Waals surface area contributed by atoms with Gasteiger partial charge in [0.05, 0.1) is 16.1 Å². The highest BCUT2D eigenvalue weighted by Gasteiger charge is 2.13. The lowest BCUT2D eigenvalue weighted by atomic mass is 10.3. The average Bonchev–Trinajstić information content (AvgIpc) is 2.92. The number of carbonyl (C=O) groups is 1. The Labute approximate surface area is 145 Å². The van der Waals surface area contributed by atoms with Crippen molar-refractivity contribution in [3.63, 3.8) is 0 Å². The number of imidazole rings is 1. The minimum Gasteiger partial charge on any atom is -0.482 e. The van der Waals surface area contributed by atoms with Gasteiger partial charge in [-0.25, -0.2) is 4.98 Å². The summed E-state index contributed by atoms with van der Waals surface area (Å²) in [6.07, 6.45) is 0.944. The van der Waals surface area contributed by atoms with Gasteiger partial charge in [0.15, 0.2) is 6.61 Å². The molecule has 0 saturated carbocycles. The normalized spacial score (nSPS) is 10.8. The summed E-state index contributed by atoms with van der Waals surface area (Å²) in [5.41, 5.74) is 1.86. The summed E-state index contributed by atoms with van der Waals surface area (Å²) in [7, 11) is 0. The van der Waals surface area contributed by atoms with Crippen molar-refractivity contribution < 1.29 is 9.53 Å².